The average molecular weight is 653 g/mol. The standard InChI is InChI=1S/C34H40N2O9S/c1-9-42-33(38)29-27(35)22(15-20-11-13-23(40-7)26(16-20)45-19(5)6)28-31(34(39)43-10-2)46-30(32(37)36(28)29)21-12-14-24(44-18(3)4)25(17-21)41-8/h11-19,30H,9-10,35H2,1-8H3/b22-15+/t30-/m0/s1. The van der Waals surface area contributed by atoms with E-state index >= 15 is 0 Å². The van der Waals surface area contributed by atoms with Crippen molar-refractivity contribution in [1.82, 2.24) is 4.57 Å². The van der Waals surface area contributed by atoms with E-state index in [9.17, 15) is 14.4 Å². The Balaban J connectivity index is 2.04. The van der Waals surface area contributed by atoms with Crippen molar-refractivity contribution < 1.29 is 42.8 Å². The predicted molar refractivity (Wildman–Crippen MR) is 176 cm³/mol. The summed E-state index contributed by atoms with van der Waals surface area (Å²) in [6, 6.07) is 10.4. The molecule has 0 radical (unpaired) electrons. The lowest BCUT2D eigenvalue weighted by Gasteiger charge is -2.24. The summed E-state index contributed by atoms with van der Waals surface area (Å²) in [4.78, 5) is 41.5. The lowest BCUT2D eigenvalue weighted by atomic mass is 10.1. The molecular weight excluding hydrogens is 612 g/mol. The Morgan fingerprint density at radius 1 is 0.870 bits per heavy atom. The van der Waals surface area contributed by atoms with E-state index in [0.29, 0.717) is 34.1 Å². The van der Waals surface area contributed by atoms with E-state index in [4.69, 9.17) is 34.2 Å². The molecule has 0 spiro atoms. The van der Waals surface area contributed by atoms with Gasteiger partial charge in [-0.2, -0.15) is 0 Å². The number of nitrogens with zero attached hydrogens (tertiary/aromatic N) is 1. The summed E-state index contributed by atoms with van der Waals surface area (Å²) in [5, 5.41) is -0.544. The second-order valence-corrected chi connectivity index (χ2v) is 11.9. The van der Waals surface area contributed by atoms with Crippen molar-refractivity contribution in [2.24, 2.45) is 0 Å². The molecule has 0 saturated heterocycles. The first-order valence-electron chi connectivity index (χ1n) is 15.0. The normalized spacial score (nSPS) is 14.7. The van der Waals surface area contributed by atoms with Crippen LogP contribution in [0.15, 0.2) is 36.4 Å². The molecule has 0 amide bonds. The van der Waals surface area contributed by atoms with Gasteiger partial charge in [-0.05, 0) is 83.0 Å². The number of thioether (sulfide) groups is 1. The zero-order valence-corrected chi connectivity index (χ0v) is 28.1. The lowest BCUT2D eigenvalue weighted by molar-refractivity contribution is -0.135. The van der Waals surface area contributed by atoms with Crippen LogP contribution in [0.25, 0.3) is 11.0 Å². The average Bonchev–Trinajstić information content (AvgIpc) is 3.29. The first-order valence-corrected chi connectivity index (χ1v) is 15.8. The highest BCUT2D eigenvalue weighted by atomic mass is 32.2. The van der Waals surface area contributed by atoms with Gasteiger partial charge >= 0.3 is 11.9 Å². The lowest BCUT2D eigenvalue weighted by Crippen LogP contribution is -2.42. The Hall–Kier alpha value is -4.58. The highest BCUT2D eigenvalue weighted by molar-refractivity contribution is 8.10. The zero-order chi connectivity index (χ0) is 33.7. The summed E-state index contributed by atoms with van der Waals surface area (Å²) in [6.07, 6.45) is 1.44. The summed E-state index contributed by atoms with van der Waals surface area (Å²) in [5.41, 5.74) is 7.60. The summed E-state index contributed by atoms with van der Waals surface area (Å²) in [5.74, 6) is -0.0484. The molecule has 2 heterocycles. The molecule has 2 aromatic carbocycles. The van der Waals surface area contributed by atoms with Gasteiger partial charge in [0, 0.05) is 5.22 Å². The molecule has 1 aliphatic heterocycles. The van der Waals surface area contributed by atoms with Gasteiger partial charge in [-0.15, -0.1) is 0 Å². The zero-order valence-electron chi connectivity index (χ0n) is 27.3. The molecule has 2 N–H and O–H groups in total. The second kappa shape index (κ2) is 14.7. The number of carbonyl (C=O) groups is 3. The topological polar surface area (TPSA) is 138 Å². The Kier molecular flexibility index (Phi) is 10.9. The number of nitrogen functional groups attached to an aromatic ring is 1. The molecule has 0 saturated carbocycles. The number of aromatic nitrogens is 1. The molecule has 11 nitrogen and oxygen atoms in total. The SMILES string of the molecule is CCOC(=O)C1=c2/c(=C/c3ccc(OC)c(OC(C)C)c3)c(N)c(C(=O)OCC)n2C(=O)[C@H](c2ccc(OC(C)C)c(OC)c2)S1. The fourth-order valence-electron chi connectivity index (χ4n) is 4.99. The van der Waals surface area contributed by atoms with E-state index in [1.165, 1.54) is 11.7 Å². The van der Waals surface area contributed by atoms with Crippen molar-refractivity contribution >= 4 is 46.3 Å². The van der Waals surface area contributed by atoms with E-state index in [0.717, 1.165) is 11.8 Å². The molecule has 12 heteroatoms. The third kappa shape index (κ3) is 6.96. The van der Waals surface area contributed by atoms with Crippen LogP contribution in [0.4, 0.5) is 5.69 Å². The van der Waals surface area contributed by atoms with E-state index in [1.54, 1.807) is 63.4 Å². The number of rotatable bonds is 12. The van der Waals surface area contributed by atoms with Crippen LogP contribution in [0.2, 0.25) is 0 Å². The quantitative estimate of drug-likeness (QED) is 0.278. The van der Waals surface area contributed by atoms with Gasteiger partial charge in [0.05, 0.1) is 50.7 Å². The van der Waals surface area contributed by atoms with Gasteiger partial charge in [-0.3, -0.25) is 9.36 Å². The van der Waals surface area contributed by atoms with Crippen LogP contribution in [-0.4, -0.2) is 62.1 Å². The van der Waals surface area contributed by atoms with Crippen LogP contribution in [0.1, 0.15) is 73.2 Å². The van der Waals surface area contributed by atoms with Gasteiger partial charge < -0.3 is 34.2 Å². The maximum absolute atomic E-state index is 14.4. The van der Waals surface area contributed by atoms with Gasteiger partial charge in [0.25, 0.3) is 0 Å². The molecule has 4 rings (SSSR count). The third-order valence-electron chi connectivity index (χ3n) is 6.79. The molecule has 3 aromatic rings. The number of fused-ring (bicyclic) bond motifs is 1. The summed E-state index contributed by atoms with van der Waals surface area (Å²) in [6.45, 7) is 11.0. The number of nitrogens with two attached hydrogens (primary N) is 1. The number of ether oxygens (including phenoxy) is 6. The smallest absolute Gasteiger partial charge is 0.357 e. The van der Waals surface area contributed by atoms with Crippen LogP contribution in [0.5, 0.6) is 23.0 Å². The number of carbonyl (C=O) groups excluding carboxylic acids is 3. The molecule has 1 aliphatic rings. The van der Waals surface area contributed by atoms with Crippen molar-refractivity contribution in [3.05, 3.63) is 63.8 Å². The second-order valence-electron chi connectivity index (χ2n) is 10.8. The highest BCUT2D eigenvalue weighted by Gasteiger charge is 2.38. The minimum absolute atomic E-state index is 0.0229. The van der Waals surface area contributed by atoms with E-state index in [1.807, 2.05) is 27.7 Å². The Labute approximate surface area is 272 Å². The Morgan fingerprint density at radius 3 is 2.09 bits per heavy atom. The molecule has 246 valence electrons. The van der Waals surface area contributed by atoms with Gasteiger partial charge in [0.2, 0.25) is 5.91 Å². The molecule has 0 bridgehead atoms. The van der Waals surface area contributed by atoms with E-state index in [-0.39, 0.29) is 52.3 Å². The minimum atomic E-state index is -0.964. The summed E-state index contributed by atoms with van der Waals surface area (Å²) in [7, 11) is 3.04. The van der Waals surface area contributed by atoms with Gasteiger partial charge in [-0.25, -0.2) is 9.59 Å². The molecule has 0 unspecified atom stereocenters. The predicted octanol–water partition coefficient (Wildman–Crippen LogP) is 4.47. The summed E-state index contributed by atoms with van der Waals surface area (Å²) < 4.78 is 34.8. The van der Waals surface area contributed by atoms with Crippen molar-refractivity contribution in [3.8, 4) is 23.0 Å². The van der Waals surface area contributed by atoms with Gasteiger partial charge in [-0.1, -0.05) is 23.9 Å². The Morgan fingerprint density at radius 2 is 1.48 bits per heavy atom. The molecule has 46 heavy (non-hydrogen) atoms. The summed E-state index contributed by atoms with van der Waals surface area (Å²) >= 11 is 1.01. The van der Waals surface area contributed by atoms with Crippen LogP contribution in [0.3, 0.4) is 0 Å². The van der Waals surface area contributed by atoms with Crippen molar-refractivity contribution in [1.29, 1.82) is 0 Å². The number of anilines is 1. The third-order valence-corrected chi connectivity index (χ3v) is 8.09. The van der Waals surface area contributed by atoms with Crippen molar-refractivity contribution in [3.63, 3.8) is 0 Å². The number of esters is 2. The molecule has 1 atom stereocenters. The van der Waals surface area contributed by atoms with E-state index < -0.39 is 23.1 Å². The first-order chi connectivity index (χ1) is 21.9. The van der Waals surface area contributed by atoms with Gasteiger partial charge in [0.1, 0.15) is 10.2 Å². The number of methoxy groups -OCH3 is 2. The molecule has 0 fully saturated rings. The molecular formula is C34H40N2O9S. The minimum Gasteiger partial charge on any atom is -0.493 e. The first kappa shape index (κ1) is 34.3. The van der Waals surface area contributed by atoms with Crippen LogP contribution in [-0.2, 0) is 14.3 Å². The van der Waals surface area contributed by atoms with Crippen molar-refractivity contribution in [2.45, 2.75) is 59.0 Å². The van der Waals surface area contributed by atoms with Crippen LogP contribution >= 0.6 is 11.8 Å². The highest BCUT2D eigenvalue weighted by Crippen LogP contribution is 2.42. The number of benzene rings is 2. The molecule has 0 aliphatic carbocycles. The monoisotopic (exact) mass is 652 g/mol. The Bertz CT molecular complexity index is 1760. The number of hydrogen-bond acceptors (Lipinski definition) is 11. The maximum Gasteiger partial charge on any atom is 0.357 e. The van der Waals surface area contributed by atoms with E-state index in [2.05, 4.69) is 0 Å². The largest absolute Gasteiger partial charge is 0.493 e. The van der Waals surface area contributed by atoms with Crippen LogP contribution in [0, 0.1) is 0 Å². The fraction of sp³-hybridized carbons (Fsp3) is 0.382. The maximum atomic E-state index is 14.4. The van der Waals surface area contributed by atoms with Crippen molar-refractivity contribution in [2.75, 3.05) is 33.2 Å². The molecule has 1 aromatic heterocycles. The number of hydrogen-bond donors (Lipinski definition) is 1. The fourth-order valence-corrected chi connectivity index (χ4v) is 6.18. The van der Waals surface area contributed by atoms with Gasteiger partial charge in [0.15, 0.2) is 28.7 Å². The van der Waals surface area contributed by atoms with Crippen LogP contribution < -0.4 is 35.2 Å².